The number of anilines is 2. The summed E-state index contributed by atoms with van der Waals surface area (Å²) < 4.78 is 47.7. The molecule has 0 radical (unpaired) electrons. The molecule has 3 aromatic rings. The van der Waals surface area contributed by atoms with Gasteiger partial charge in [0.25, 0.3) is 0 Å². The van der Waals surface area contributed by atoms with Gasteiger partial charge in [-0.1, -0.05) is 18.2 Å². The van der Waals surface area contributed by atoms with Crippen LogP contribution >= 0.6 is 11.6 Å². The number of benzene rings is 1. The third-order valence-electron chi connectivity index (χ3n) is 7.53. The topological polar surface area (TPSA) is 101 Å². The molecule has 0 bridgehead atoms. The molecule has 5 rings (SSSR count). The van der Waals surface area contributed by atoms with E-state index in [1.165, 1.54) is 12.1 Å². The molecule has 1 aliphatic heterocycles. The lowest BCUT2D eigenvalue weighted by Crippen LogP contribution is -2.48. The minimum Gasteiger partial charge on any atom is -0.461 e. The Bertz CT molecular complexity index is 1470. The first kappa shape index (κ1) is 27.9. The van der Waals surface area contributed by atoms with E-state index in [1.807, 2.05) is 19.0 Å². The van der Waals surface area contributed by atoms with Gasteiger partial charge >= 0.3 is 12.2 Å². The highest BCUT2D eigenvalue weighted by Gasteiger charge is 2.46. The lowest BCUT2D eigenvalue weighted by atomic mass is 10.0. The maximum Gasteiger partial charge on any atom is 0.418 e. The summed E-state index contributed by atoms with van der Waals surface area (Å²) in [6.07, 6.45) is -1.45. The Hall–Kier alpha value is -3.64. The number of ether oxygens (including phenoxy) is 1. The van der Waals surface area contributed by atoms with Crippen LogP contribution in [0.4, 0.5) is 24.8 Å². The molecule has 1 saturated heterocycles. The summed E-state index contributed by atoms with van der Waals surface area (Å²) in [4.78, 5) is 31.1. The predicted molar refractivity (Wildman–Crippen MR) is 147 cm³/mol. The minimum absolute atomic E-state index is 0.0396. The number of amides is 1. The molecule has 1 saturated carbocycles. The molecule has 2 aromatic heterocycles. The molecule has 13 heteroatoms. The Balaban J connectivity index is 1.60. The Kier molecular flexibility index (Phi) is 7.26. The summed E-state index contributed by atoms with van der Waals surface area (Å²) in [6.45, 7) is 5.76. The molecular weight excluding hydrogens is 547 g/mol. The summed E-state index contributed by atoms with van der Waals surface area (Å²) in [5.74, 6) is 0.291. The normalized spacial score (nSPS) is 16.9. The highest BCUT2D eigenvalue weighted by molar-refractivity contribution is 6.34. The van der Waals surface area contributed by atoms with Gasteiger partial charge in [0.05, 0.1) is 27.3 Å². The second-order valence-electron chi connectivity index (χ2n) is 10.2. The third kappa shape index (κ3) is 5.37. The Morgan fingerprint density at radius 3 is 2.48 bits per heavy atom. The van der Waals surface area contributed by atoms with Crippen molar-refractivity contribution < 1.29 is 22.7 Å². The largest absolute Gasteiger partial charge is 0.461 e. The van der Waals surface area contributed by atoms with Crippen molar-refractivity contribution in [3.05, 3.63) is 47.5 Å². The van der Waals surface area contributed by atoms with Crippen LogP contribution in [0.3, 0.4) is 0 Å². The SMILES string of the molecule is C=CC(=O)N1CCN(c2nc(OCC3(N(C)C)CC3)nc3cc(-c4nc(N)ccc4C(F)(F)F)c(Cl)cc23)CC1. The molecule has 2 aliphatic rings. The second-order valence-corrected chi connectivity index (χ2v) is 10.6. The molecule has 0 unspecified atom stereocenters. The standard InChI is InChI=1S/C27H29ClF3N7O2/c1-4-22(39)37-9-11-38(12-10-37)24-17-13-19(28)16(23-18(27(29,30)31)5-6-21(32)34-23)14-20(17)33-25(35-24)40-15-26(7-8-26)36(2)3/h4-6,13-14H,1,7-12,15H2,2-3H3,(H2,32,34). The van der Waals surface area contributed by atoms with Gasteiger partial charge in [-0.15, -0.1) is 0 Å². The van der Waals surface area contributed by atoms with E-state index in [-0.39, 0.29) is 39.6 Å². The van der Waals surface area contributed by atoms with Gasteiger partial charge in [-0.05, 0) is 57.3 Å². The molecule has 0 spiro atoms. The van der Waals surface area contributed by atoms with Gasteiger partial charge in [-0.25, -0.2) is 4.98 Å². The predicted octanol–water partition coefficient (Wildman–Crippen LogP) is 4.25. The van der Waals surface area contributed by atoms with E-state index in [4.69, 9.17) is 27.1 Å². The number of likely N-dealkylation sites (N-methyl/N-ethyl adjacent to an activating group) is 1. The zero-order valence-corrected chi connectivity index (χ0v) is 22.9. The number of rotatable bonds is 7. The number of carbonyl (C=O) groups is 1. The van der Waals surface area contributed by atoms with Gasteiger partial charge in [0.15, 0.2) is 0 Å². The smallest absolute Gasteiger partial charge is 0.418 e. The molecular formula is C27H29ClF3N7O2. The zero-order valence-electron chi connectivity index (χ0n) is 22.1. The summed E-state index contributed by atoms with van der Waals surface area (Å²) in [5.41, 5.74) is 4.69. The summed E-state index contributed by atoms with van der Waals surface area (Å²) in [7, 11) is 3.97. The molecule has 1 aliphatic carbocycles. The van der Waals surface area contributed by atoms with Crippen LogP contribution in [0.1, 0.15) is 18.4 Å². The molecule has 0 atom stereocenters. The van der Waals surface area contributed by atoms with Crippen LogP contribution in [0.2, 0.25) is 5.02 Å². The lowest BCUT2D eigenvalue weighted by molar-refractivity contribution is -0.137. The molecule has 2 N–H and O–H groups in total. The van der Waals surface area contributed by atoms with E-state index < -0.39 is 11.7 Å². The number of halogens is 4. The van der Waals surface area contributed by atoms with Crippen molar-refractivity contribution >= 4 is 40.0 Å². The zero-order chi connectivity index (χ0) is 28.8. The number of fused-ring (bicyclic) bond motifs is 1. The summed E-state index contributed by atoms with van der Waals surface area (Å²) in [6, 6.07) is 5.09. The molecule has 1 amide bonds. The van der Waals surface area contributed by atoms with E-state index in [0.717, 1.165) is 25.0 Å². The molecule has 40 heavy (non-hydrogen) atoms. The third-order valence-corrected chi connectivity index (χ3v) is 7.85. The van der Waals surface area contributed by atoms with Crippen LogP contribution in [-0.2, 0) is 11.0 Å². The maximum atomic E-state index is 13.9. The first-order valence-corrected chi connectivity index (χ1v) is 13.1. The number of piperazine rings is 1. The van der Waals surface area contributed by atoms with Crippen molar-refractivity contribution in [3.63, 3.8) is 0 Å². The average Bonchev–Trinajstić information content (AvgIpc) is 3.72. The highest BCUT2D eigenvalue weighted by Crippen LogP contribution is 2.42. The van der Waals surface area contributed by atoms with Crippen molar-refractivity contribution in [1.29, 1.82) is 0 Å². The van der Waals surface area contributed by atoms with Crippen LogP contribution in [0.15, 0.2) is 36.9 Å². The second kappa shape index (κ2) is 10.4. The first-order valence-electron chi connectivity index (χ1n) is 12.7. The van der Waals surface area contributed by atoms with Gasteiger partial charge in [0, 0.05) is 37.1 Å². The van der Waals surface area contributed by atoms with Crippen LogP contribution < -0.4 is 15.4 Å². The number of pyridine rings is 1. The summed E-state index contributed by atoms with van der Waals surface area (Å²) >= 11 is 6.59. The van der Waals surface area contributed by atoms with Gasteiger partial charge in [0.1, 0.15) is 18.2 Å². The number of nitrogens with two attached hydrogens (primary N) is 1. The van der Waals surface area contributed by atoms with Crippen molar-refractivity contribution in [2.45, 2.75) is 24.6 Å². The van der Waals surface area contributed by atoms with Crippen molar-refractivity contribution in [2.24, 2.45) is 0 Å². The fourth-order valence-corrected chi connectivity index (χ4v) is 5.09. The molecule has 9 nitrogen and oxygen atoms in total. The number of hydrogen-bond acceptors (Lipinski definition) is 8. The minimum atomic E-state index is -4.67. The first-order chi connectivity index (χ1) is 18.9. The van der Waals surface area contributed by atoms with Crippen LogP contribution in [0.25, 0.3) is 22.2 Å². The number of nitrogen functional groups attached to an aromatic ring is 1. The van der Waals surface area contributed by atoms with E-state index >= 15 is 0 Å². The highest BCUT2D eigenvalue weighted by atomic mass is 35.5. The molecule has 2 fully saturated rings. The van der Waals surface area contributed by atoms with Crippen LogP contribution in [0, 0.1) is 0 Å². The van der Waals surface area contributed by atoms with Crippen LogP contribution in [0.5, 0.6) is 6.01 Å². The summed E-state index contributed by atoms with van der Waals surface area (Å²) in [5, 5.41) is 0.579. The molecule has 3 heterocycles. The van der Waals surface area contributed by atoms with Crippen molar-refractivity contribution in [1.82, 2.24) is 24.8 Å². The van der Waals surface area contributed by atoms with Gasteiger partial charge in [-0.2, -0.15) is 23.1 Å². The number of hydrogen-bond donors (Lipinski definition) is 1. The van der Waals surface area contributed by atoms with E-state index in [1.54, 1.807) is 11.0 Å². The van der Waals surface area contributed by atoms with E-state index in [0.29, 0.717) is 49.5 Å². The number of nitrogens with zero attached hydrogens (tertiary/aromatic N) is 6. The Labute approximate surface area is 234 Å². The van der Waals surface area contributed by atoms with Gasteiger partial charge in [-0.3, -0.25) is 4.79 Å². The average molecular weight is 576 g/mol. The van der Waals surface area contributed by atoms with Crippen LogP contribution in [-0.4, -0.2) is 83.1 Å². The number of alkyl halides is 3. The monoisotopic (exact) mass is 575 g/mol. The Morgan fingerprint density at radius 1 is 1.18 bits per heavy atom. The van der Waals surface area contributed by atoms with Gasteiger partial charge in [0.2, 0.25) is 5.91 Å². The fraction of sp³-hybridized carbons (Fsp3) is 0.407. The number of aromatic nitrogens is 3. The molecule has 212 valence electrons. The Morgan fingerprint density at radius 2 is 1.88 bits per heavy atom. The molecule has 1 aromatic carbocycles. The number of carbonyl (C=O) groups excluding carboxylic acids is 1. The quantitative estimate of drug-likeness (QED) is 0.417. The van der Waals surface area contributed by atoms with Crippen molar-refractivity contribution in [2.75, 3.05) is 57.5 Å². The van der Waals surface area contributed by atoms with E-state index in [9.17, 15) is 18.0 Å². The maximum absolute atomic E-state index is 13.9. The van der Waals surface area contributed by atoms with Gasteiger partial charge < -0.3 is 25.2 Å². The van der Waals surface area contributed by atoms with Crippen molar-refractivity contribution in [3.8, 4) is 17.3 Å². The lowest BCUT2D eigenvalue weighted by Gasteiger charge is -2.35. The fourth-order valence-electron chi connectivity index (χ4n) is 4.84. The van der Waals surface area contributed by atoms with E-state index in [2.05, 4.69) is 21.4 Å².